The van der Waals surface area contributed by atoms with Crippen molar-refractivity contribution in [1.82, 2.24) is 5.32 Å². The molecule has 0 spiro atoms. The monoisotopic (exact) mass is 344 g/mol. The van der Waals surface area contributed by atoms with Gasteiger partial charge in [0.2, 0.25) is 0 Å². The van der Waals surface area contributed by atoms with Gasteiger partial charge in [0.1, 0.15) is 0 Å². The van der Waals surface area contributed by atoms with E-state index in [0.29, 0.717) is 12.1 Å². The summed E-state index contributed by atoms with van der Waals surface area (Å²) in [6.07, 6.45) is 0. The van der Waals surface area contributed by atoms with Crippen LogP contribution in [0.15, 0.2) is 47.4 Å². The number of hydrogen-bond donors (Lipinski definition) is 2. The van der Waals surface area contributed by atoms with E-state index >= 15 is 0 Å². The summed E-state index contributed by atoms with van der Waals surface area (Å²) in [6, 6.07) is 11.5. The summed E-state index contributed by atoms with van der Waals surface area (Å²) in [4.78, 5) is 0.190. The van der Waals surface area contributed by atoms with E-state index in [1.165, 1.54) is 0 Å². The highest BCUT2D eigenvalue weighted by atomic mass is 35.5. The Kier molecular flexibility index (Phi) is 5.11. The second kappa shape index (κ2) is 6.66. The van der Waals surface area contributed by atoms with Crippen LogP contribution in [0.2, 0.25) is 10.0 Å². The molecule has 0 radical (unpaired) electrons. The maximum atomic E-state index is 12.5. The number of sulfonamides is 1. The number of anilines is 1. The van der Waals surface area contributed by atoms with Gasteiger partial charge < -0.3 is 5.32 Å². The Morgan fingerprint density at radius 1 is 1.00 bits per heavy atom. The second-order valence-electron chi connectivity index (χ2n) is 4.34. The number of para-hydroxylation sites is 1. The maximum Gasteiger partial charge on any atom is 0.262 e. The molecule has 2 rings (SSSR count). The highest BCUT2D eigenvalue weighted by molar-refractivity contribution is 7.92. The van der Waals surface area contributed by atoms with Gasteiger partial charge in [-0.3, -0.25) is 4.72 Å². The zero-order valence-electron chi connectivity index (χ0n) is 11.2. The van der Waals surface area contributed by atoms with E-state index in [9.17, 15) is 8.42 Å². The van der Waals surface area contributed by atoms with E-state index in [-0.39, 0.29) is 20.6 Å². The first-order chi connectivity index (χ1) is 9.95. The average Bonchev–Trinajstić information content (AvgIpc) is 2.44. The van der Waals surface area contributed by atoms with E-state index in [2.05, 4.69) is 10.0 Å². The van der Waals surface area contributed by atoms with E-state index in [4.69, 9.17) is 23.2 Å². The van der Waals surface area contributed by atoms with Crippen LogP contribution >= 0.6 is 23.2 Å². The van der Waals surface area contributed by atoms with Crippen molar-refractivity contribution in [3.05, 3.63) is 58.1 Å². The fourth-order valence-corrected chi connectivity index (χ4v) is 3.83. The van der Waals surface area contributed by atoms with Crippen molar-refractivity contribution >= 4 is 38.9 Å². The number of nitrogens with one attached hydrogen (secondary N) is 2. The molecule has 0 amide bonds. The summed E-state index contributed by atoms with van der Waals surface area (Å²) in [5, 5.41) is 3.43. The summed E-state index contributed by atoms with van der Waals surface area (Å²) in [5.41, 5.74) is 0.843. The molecule has 0 saturated heterocycles. The minimum Gasteiger partial charge on any atom is -0.316 e. The van der Waals surface area contributed by atoms with Crippen molar-refractivity contribution in [3.8, 4) is 0 Å². The first-order valence-electron chi connectivity index (χ1n) is 6.15. The SMILES string of the molecule is CNCc1ccccc1S(=O)(=O)Nc1c(Cl)cccc1Cl. The predicted molar refractivity (Wildman–Crippen MR) is 86.5 cm³/mol. The van der Waals surface area contributed by atoms with Crippen LogP contribution in [0.1, 0.15) is 5.56 Å². The van der Waals surface area contributed by atoms with Crippen LogP contribution in [-0.4, -0.2) is 15.5 Å². The van der Waals surface area contributed by atoms with Gasteiger partial charge in [0.15, 0.2) is 0 Å². The number of hydrogen-bond acceptors (Lipinski definition) is 3. The topological polar surface area (TPSA) is 58.2 Å². The predicted octanol–water partition coefficient (Wildman–Crippen LogP) is 3.51. The Labute approximate surface area is 134 Å². The molecule has 21 heavy (non-hydrogen) atoms. The summed E-state index contributed by atoms with van der Waals surface area (Å²) in [6.45, 7) is 0.438. The average molecular weight is 345 g/mol. The van der Waals surface area contributed by atoms with Crippen LogP contribution in [0.25, 0.3) is 0 Å². The van der Waals surface area contributed by atoms with Crippen molar-refractivity contribution in [2.75, 3.05) is 11.8 Å². The lowest BCUT2D eigenvalue weighted by Crippen LogP contribution is -2.17. The minimum absolute atomic E-state index is 0.181. The molecule has 0 heterocycles. The van der Waals surface area contributed by atoms with Gasteiger partial charge in [-0.1, -0.05) is 47.5 Å². The molecule has 7 heteroatoms. The minimum atomic E-state index is -3.77. The lowest BCUT2D eigenvalue weighted by Gasteiger charge is -2.14. The fraction of sp³-hybridized carbons (Fsp3) is 0.143. The molecule has 0 bridgehead atoms. The molecule has 4 nitrogen and oxygen atoms in total. The lowest BCUT2D eigenvalue weighted by molar-refractivity contribution is 0.599. The molecule has 0 fully saturated rings. The van der Waals surface area contributed by atoms with E-state index < -0.39 is 10.0 Å². The molecule has 112 valence electrons. The first-order valence-corrected chi connectivity index (χ1v) is 8.39. The molecule has 2 N–H and O–H groups in total. The van der Waals surface area contributed by atoms with E-state index in [1.807, 2.05) is 0 Å². The van der Waals surface area contributed by atoms with Crippen LogP contribution in [-0.2, 0) is 16.6 Å². The van der Waals surface area contributed by atoms with Crippen molar-refractivity contribution in [1.29, 1.82) is 0 Å². The fourth-order valence-electron chi connectivity index (χ4n) is 1.89. The number of rotatable bonds is 5. The van der Waals surface area contributed by atoms with Gasteiger partial charge in [0.25, 0.3) is 10.0 Å². The Hall–Kier alpha value is -1.27. The molecule has 0 aliphatic rings. The van der Waals surface area contributed by atoms with Crippen molar-refractivity contribution in [2.45, 2.75) is 11.4 Å². The second-order valence-corrected chi connectivity index (χ2v) is 6.81. The largest absolute Gasteiger partial charge is 0.316 e. The van der Waals surface area contributed by atoms with E-state index in [0.717, 1.165) is 0 Å². The molecule has 0 aromatic heterocycles. The molecular formula is C14H14Cl2N2O2S. The van der Waals surface area contributed by atoms with Crippen molar-refractivity contribution in [3.63, 3.8) is 0 Å². The molecule has 0 aliphatic heterocycles. The molecule has 0 aliphatic carbocycles. The van der Waals surface area contributed by atoms with Crippen LogP contribution in [0.4, 0.5) is 5.69 Å². The van der Waals surface area contributed by atoms with Gasteiger partial charge in [-0.2, -0.15) is 0 Å². The zero-order valence-corrected chi connectivity index (χ0v) is 13.6. The molecule has 0 saturated carbocycles. The Bertz CT molecular complexity index is 728. The Balaban J connectivity index is 2.44. The third kappa shape index (κ3) is 3.68. The number of halogens is 2. The van der Waals surface area contributed by atoms with Gasteiger partial charge >= 0.3 is 0 Å². The van der Waals surface area contributed by atoms with Crippen LogP contribution in [0.3, 0.4) is 0 Å². The normalized spacial score (nSPS) is 11.4. The third-order valence-electron chi connectivity index (χ3n) is 2.83. The highest BCUT2D eigenvalue weighted by Crippen LogP contribution is 2.32. The maximum absolute atomic E-state index is 12.5. The van der Waals surface area contributed by atoms with Crippen LogP contribution < -0.4 is 10.0 Å². The molecule has 0 unspecified atom stereocenters. The highest BCUT2D eigenvalue weighted by Gasteiger charge is 2.20. The van der Waals surface area contributed by atoms with Gasteiger partial charge in [-0.25, -0.2) is 8.42 Å². The lowest BCUT2D eigenvalue weighted by atomic mass is 10.2. The summed E-state index contributed by atoms with van der Waals surface area (Å²) >= 11 is 12.0. The smallest absolute Gasteiger partial charge is 0.262 e. The van der Waals surface area contributed by atoms with Crippen LogP contribution in [0.5, 0.6) is 0 Å². The summed E-state index contributed by atoms with van der Waals surface area (Å²) < 4.78 is 27.5. The molecular weight excluding hydrogens is 331 g/mol. The molecule has 2 aromatic carbocycles. The Morgan fingerprint density at radius 2 is 1.62 bits per heavy atom. The van der Waals surface area contributed by atoms with Crippen LogP contribution in [0, 0.1) is 0 Å². The Morgan fingerprint density at radius 3 is 2.24 bits per heavy atom. The summed E-state index contributed by atoms with van der Waals surface area (Å²) in [7, 11) is -2.02. The van der Waals surface area contributed by atoms with Crippen molar-refractivity contribution < 1.29 is 8.42 Å². The van der Waals surface area contributed by atoms with Gasteiger partial charge in [-0.05, 0) is 30.8 Å². The first kappa shape index (κ1) is 16.1. The van der Waals surface area contributed by atoms with Gasteiger partial charge in [0, 0.05) is 6.54 Å². The van der Waals surface area contributed by atoms with E-state index in [1.54, 1.807) is 49.5 Å². The van der Waals surface area contributed by atoms with Crippen molar-refractivity contribution in [2.24, 2.45) is 0 Å². The standard InChI is InChI=1S/C14H14Cl2N2O2S/c1-17-9-10-5-2-3-8-13(10)21(19,20)18-14-11(15)6-4-7-12(14)16/h2-8,17-18H,9H2,1H3. The molecule has 0 atom stereocenters. The van der Waals surface area contributed by atoms with Gasteiger partial charge in [-0.15, -0.1) is 0 Å². The number of benzene rings is 2. The molecule has 2 aromatic rings. The third-order valence-corrected chi connectivity index (χ3v) is 4.91. The quantitative estimate of drug-likeness (QED) is 0.872. The zero-order chi connectivity index (χ0) is 15.5. The summed E-state index contributed by atoms with van der Waals surface area (Å²) in [5.74, 6) is 0. The van der Waals surface area contributed by atoms with Gasteiger partial charge in [0.05, 0.1) is 20.6 Å².